The topological polar surface area (TPSA) is 84.9 Å². The van der Waals surface area contributed by atoms with E-state index in [0.29, 0.717) is 22.6 Å². The molecule has 1 atom stereocenters. The number of carbonyl (C=O) groups is 2. The lowest BCUT2D eigenvalue weighted by molar-refractivity contribution is -0.139. The quantitative estimate of drug-likeness (QED) is 0.901. The molecule has 2 N–H and O–H groups in total. The Balaban J connectivity index is 1.81. The minimum atomic E-state index is -1.12. The summed E-state index contributed by atoms with van der Waals surface area (Å²) in [5, 5.41) is 11.8. The number of benzene rings is 2. The average Bonchev–Trinajstić information content (AvgIpc) is 3.00. The van der Waals surface area contributed by atoms with E-state index in [-0.39, 0.29) is 6.79 Å². The molecule has 6 nitrogen and oxygen atoms in total. The third kappa shape index (κ3) is 2.71. The largest absolute Gasteiger partial charge is 0.479 e. The number of ether oxygens (including phenoxy) is 2. The first-order chi connectivity index (χ1) is 10.6. The third-order valence-electron chi connectivity index (χ3n) is 3.29. The lowest BCUT2D eigenvalue weighted by Gasteiger charge is -2.15. The molecule has 1 aliphatic heterocycles. The molecule has 22 heavy (non-hydrogen) atoms. The van der Waals surface area contributed by atoms with Crippen LogP contribution in [0.1, 0.15) is 22.0 Å². The Morgan fingerprint density at radius 3 is 2.50 bits per heavy atom. The van der Waals surface area contributed by atoms with Crippen molar-refractivity contribution in [2.45, 2.75) is 6.04 Å². The molecule has 1 unspecified atom stereocenters. The zero-order valence-electron chi connectivity index (χ0n) is 11.5. The van der Waals surface area contributed by atoms with Gasteiger partial charge in [0.15, 0.2) is 17.5 Å². The molecule has 6 heteroatoms. The Hall–Kier alpha value is -3.02. The minimum absolute atomic E-state index is 0.113. The van der Waals surface area contributed by atoms with Gasteiger partial charge in [0.2, 0.25) is 6.79 Å². The number of hydrogen-bond donors (Lipinski definition) is 2. The number of carbonyl (C=O) groups excluding carboxylic acids is 1. The van der Waals surface area contributed by atoms with E-state index in [0.717, 1.165) is 0 Å². The second-order valence-electron chi connectivity index (χ2n) is 4.72. The second kappa shape index (κ2) is 5.77. The van der Waals surface area contributed by atoms with Crippen LogP contribution in [-0.2, 0) is 4.79 Å². The zero-order valence-corrected chi connectivity index (χ0v) is 11.5. The number of hydrogen-bond acceptors (Lipinski definition) is 4. The predicted molar refractivity (Wildman–Crippen MR) is 76.9 cm³/mol. The number of fused-ring (bicyclic) bond motifs is 1. The highest BCUT2D eigenvalue weighted by atomic mass is 16.7. The van der Waals surface area contributed by atoms with Crippen molar-refractivity contribution in [3.8, 4) is 11.5 Å². The third-order valence-corrected chi connectivity index (χ3v) is 3.29. The molecule has 1 aliphatic rings. The van der Waals surface area contributed by atoms with Crippen molar-refractivity contribution in [3.63, 3.8) is 0 Å². The first-order valence-corrected chi connectivity index (χ1v) is 6.63. The van der Waals surface area contributed by atoms with E-state index in [1.165, 1.54) is 6.07 Å². The number of carboxylic acids is 1. The first kappa shape index (κ1) is 13.9. The van der Waals surface area contributed by atoms with Crippen LogP contribution in [0.4, 0.5) is 0 Å². The highest BCUT2D eigenvalue weighted by molar-refractivity contribution is 5.97. The van der Waals surface area contributed by atoms with E-state index >= 15 is 0 Å². The van der Waals surface area contributed by atoms with Crippen molar-refractivity contribution in [2.24, 2.45) is 0 Å². The van der Waals surface area contributed by atoms with E-state index in [9.17, 15) is 14.7 Å². The number of nitrogens with one attached hydrogen (secondary N) is 1. The van der Waals surface area contributed by atoms with Gasteiger partial charge in [-0.1, -0.05) is 30.3 Å². The summed E-state index contributed by atoms with van der Waals surface area (Å²) in [6.07, 6.45) is 0. The maximum absolute atomic E-state index is 12.3. The Bertz CT molecular complexity index is 714. The predicted octanol–water partition coefficient (Wildman–Crippen LogP) is 1.97. The van der Waals surface area contributed by atoms with Crippen LogP contribution in [-0.4, -0.2) is 23.8 Å². The van der Waals surface area contributed by atoms with Crippen LogP contribution < -0.4 is 14.8 Å². The van der Waals surface area contributed by atoms with Crippen molar-refractivity contribution < 1.29 is 24.2 Å². The van der Waals surface area contributed by atoms with Gasteiger partial charge in [-0.05, 0) is 23.8 Å². The van der Waals surface area contributed by atoms with Crippen LogP contribution in [0.3, 0.4) is 0 Å². The summed E-state index contributed by atoms with van der Waals surface area (Å²) in [6, 6.07) is 12.1. The van der Waals surface area contributed by atoms with E-state index < -0.39 is 17.9 Å². The van der Waals surface area contributed by atoms with E-state index in [1.54, 1.807) is 42.5 Å². The van der Waals surface area contributed by atoms with E-state index in [2.05, 4.69) is 5.32 Å². The molecule has 2 aromatic carbocycles. The second-order valence-corrected chi connectivity index (χ2v) is 4.72. The number of amides is 1. The van der Waals surface area contributed by atoms with Gasteiger partial charge in [-0.15, -0.1) is 0 Å². The summed E-state index contributed by atoms with van der Waals surface area (Å²) in [5.41, 5.74) is 0.815. The van der Waals surface area contributed by atoms with Gasteiger partial charge in [-0.2, -0.15) is 0 Å². The Kier molecular flexibility index (Phi) is 3.65. The zero-order chi connectivity index (χ0) is 15.5. The molecular formula is C16H13NO5. The van der Waals surface area contributed by atoms with Crippen LogP contribution in [0, 0.1) is 0 Å². The molecule has 1 heterocycles. The van der Waals surface area contributed by atoms with Crippen LogP contribution in [0.5, 0.6) is 11.5 Å². The van der Waals surface area contributed by atoms with Gasteiger partial charge in [0.05, 0.1) is 0 Å². The lowest BCUT2D eigenvalue weighted by Crippen LogP contribution is -2.33. The van der Waals surface area contributed by atoms with Crippen molar-refractivity contribution in [1.82, 2.24) is 5.32 Å². The number of rotatable bonds is 4. The van der Waals surface area contributed by atoms with Gasteiger partial charge in [0, 0.05) is 5.56 Å². The Morgan fingerprint density at radius 1 is 1.05 bits per heavy atom. The summed E-state index contributed by atoms with van der Waals surface area (Å²) < 4.78 is 10.4. The van der Waals surface area contributed by atoms with E-state index in [1.807, 2.05) is 0 Å². The standard InChI is InChI=1S/C16H13NO5/c18-15(11-6-7-12-13(8-11)22-9-21-12)17-14(16(19)20)10-4-2-1-3-5-10/h1-8,14H,9H2,(H,17,18)(H,19,20). The van der Waals surface area contributed by atoms with E-state index in [4.69, 9.17) is 9.47 Å². The fourth-order valence-corrected chi connectivity index (χ4v) is 2.19. The highest BCUT2D eigenvalue weighted by Crippen LogP contribution is 2.32. The summed E-state index contributed by atoms with van der Waals surface area (Å²) in [6.45, 7) is 0.113. The van der Waals surface area contributed by atoms with Crippen molar-refractivity contribution in [1.29, 1.82) is 0 Å². The molecule has 0 bridgehead atoms. The maximum atomic E-state index is 12.3. The molecule has 0 spiro atoms. The molecule has 0 saturated heterocycles. The van der Waals surface area contributed by atoms with Crippen molar-refractivity contribution in [3.05, 3.63) is 59.7 Å². The van der Waals surface area contributed by atoms with Gasteiger partial charge in [-0.3, -0.25) is 4.79 Å². The molecule has 0 aromatic heterocycles. The van der Waals surface area contributed by atoms with Crippen LogP contribution in [0.15, 0.2) is 48.5 Å². The molecule has 0 fully saturated rings. The fraction of sp³-hybridized carbons (Fsp3) is 0.125. The van der Waals surface area contributed by atoms with Gasteiger partial charge >= 0.3 is 5.97 Å². The highest BCUT2D eigenvalue weighted by Gasteiger charge is 2.23. The van der Waals surface area contributed by atoms with Gasteiger partial charge in [0.1, 0.15) is 0 Å². The molecule has 1 amide bonds. The molecule has 0 radical (unpaired) electrons. The Labute approximate surface area is 126 Å². The summed E-state index contributed by atoms with van der Waals surface area (Å²) in [4.78, 5) is 23.7. The summed E-state index contributed by atoms with van der Waals surface area (Å²) in [5.74, 6) is -0.580. The van der Waals surface area contributed by atoms with Gasteiger partial charge < -0.3 is 19.9 Å². The Morgan fingerprint density at radius 2 is 1.77 bits per heavy atom. The molecule has 0 aliphatic carbocycles. The SMILES string of the molecule is O=C(NC(C(=O)O)c1ccccc1)c1ccc2c(c1)OCO2. The average molecular weight is 299 g/mol. The van der Waals surface area contributed by atoms with Crippen molar-refractivity contribution in [2.75, 3.05) is 6.79 Å². The number of aliphatic carboxylic acids is 1. The molecule has 2 aromatic rings. The minimum Gasteiger partial charge on any atom is -0.479 e. The normalized spacial score (nSPS) is 13.5. The van der Waals surface area contributed by atoms with Crippen LogP contribution in [0.2, 0.25) is 0 Å². The van der Waals surface area contributed by atoms with Gasteiger partial charge in [0.25, 0.3) is 5.91 Å². The number of carboxylic acid groups (broad SMARTS) is 1. The fourth-order valence-electron chi connectivity index (χ4n) is 2.19. The lowest BCUT2D eigenvalue weighted by atomic mass is 10.1. The molecule has 112 valence electrons. The maximum Gasteiger partial charge on any atom is 0.330 e. The van der Waals surface area contributed by atoms with Crippen LogP contribution >= 0.6 is 0 Å². The van der Waals surface area contributed by atoms with Gasteiger partial charge in [-0.25, -0.2) is 4.79 Å². The smallest absolute Gasteiger partial charge is 0.330 e. The molecule has 0 saturated carbocycles. The van der Waals surface area contributed by atoms with Crippen LogP contribution in [0.25, 0.3) is 0 Å². The monoisotopic (exact) mass is 299 g/mol. The molecule has 3 rings (SSSR count). The summed E-state index contributed by atoms with van der Waals surface area (Å²) >= 11 is 0. The first-order valence-electron chi connectivity index (χ1n) is 6.63. The molecular weight excluding hydrogens is 286 g/mol. The van der Waals surface area contributed by atoms with Crippen molar-refractivity contribution >= 4 is 11.9 Å². The summed E-state index contributed by atoms with van der Waals surface area (Å²) in [7, 11) is 0.